The number of hydrogen-bond acceptors (Lipinski definition) is 4. The standard InChI is InChI=1S/C17H22N4O2S/c1-10(14-6-5-7-15(8-14)20-12(3)22)18-17(23)19-11(2)16-9-24-13(4)21-16/h5-11H,1-4H3,(H,20,22)(H2,18,19,23)/t10-,11-/m0/s1. The van der Waals surface area contributed by atoms with Gasteiger partial charge in [-0.2, -0.15) is 0 Å². The van der Waals surface area contributed by atoms with Gasteiger partial charge >= 0.3 is 6.03 Å². The predicted molar refractivity (Wildman–Crippen MR) is 96.1 cm³/mol. The van der Waals surface area contributed by atoms with Crippen molar-refractivity contribution in [3.05, 3.63) is 45.9 Å². The summed E-state index contributed by atoms with van der Waals surface area (Å²) < 4.78 is 0. The van der Waals surface area contributed by atoms with Gasteiger partial charge in [-0.3, -0.25) is 4.79 Å². The third-order valence-corrected chi connectivity index (χ3v) is 4.27. The molecule has 2 atom stereocenters. The SMILES string of the molecule is CC(=O)Nc1cccc([C@H](C)NC(=O)N[C@@H](C)c2csc(C)n2)c1. The van der Waals surface area contributed by atoms with Gasteiger partial charge in [-0.25, -0.2) is 9.78 Å². The van der Waals surface area contributed by atoms with Gasteiger partial charge in [0.05, 0.1) is 22.8 Å². The third-order valence-electron chi connectivity index (χ3n) is 3.48. The molecule has 128 valence electrons. The maximum absolute atomic E-state index is 12.2. The smallest absolute Gasteiger partial charge is 0.315 e. The Morgan fingerprint density at radius 3 is 2.50 bits per heavy atom. The first-order chi connectivity index (χ1) is 11.3. The highest BCUT2D eigenvalue weighted by Crippen LogP contribution is 2.18. The van der Waals surface area contributed by atoms with Crippen molar-refractivity contribution in [2.45, 2.75) is 39.8 Å². The zero-order chi connectivity index (χ0) is 17.7. The van der Waals surface area contributed by atoms with Crippen LogP contribution in [-0.4, -0.2) is 16.9 Å². The van der Waals surface area contributed by atoms with Gasteiger partial charge in [-0.15, -0.1) is 11.3 Å². The van der Waals surface area contributed by atoms with E-state index in [0.717, 1.165) is 16.3 Å². The van der Waals surface area contributed by atoms with E-state index in [9.17, 15) is 9.59 Å². The van der Waals surface area contributed by atoms with Crippen LogP contribution in [0.25, 0.3) is 0 Å². The van der Waals surface area contributed by atoms with E-state index in [4.69, 9.17) is 0 Å². The van der Waals surface area contributed by atoms with Crippen LogP contribution in [0.15, 0.2) is 29.6 Å². The highest BCUT2D eigenvalue weighted by atomic mass is 32.1. The molecule has 0 radical (unpaired) electrons. The van der Waals surface area contributed by atoms with Gasteiger partial charge in [0.25, 0.3) is 0 Å². The second-order valence-electron chi connectivity index (χ2n) is 5.66. The summed E-state index contributed by atoms with van der Waals surface area (Å²) in [4.78, 5) is 27.7. The molecule has 2 rings (SSSR count). The molecule has 0 fully saturated rings. The lowest BCUT2D eigenvalue weighted by Crippen LogP contribution is -2.38. The van der Waals surface area contributed by atoms with Crippen molar-refractivity contribution >= 4 is 29.0 Å². The normalized spacial score (nSPS) is 13.0. The van der Waals surface area contributed by atoms with Crippen molar-refractivity contribution in [3.8, 4) is 0 Å². The van der Waals surface area contributed by atoms with Crippen LogP contribution in [0.2, 0.25) is 0 Å². The van der Waals surface area contributed by atoms with Gasteiger partial charge in [0.15, 0.2) is 0 Å². The van der Waals surface area contributed by atoms with E-state index in [0.29, 0.717) is 5.69 Å². The summed E-state index contributed by atoms with van der Waals surface area (Å²) in [5, 5.41) is 11.4. The molecule has 1 aromatic carbocycles. The molecule has 0 bridgehead atoms. The van der Waals surface area contributed by atoms with E-state index < -0.39 is 0 Å². The van der Waals surface area contributed by atoms with Gasteiger partial charge < -0.3 is 16.0 Å². The molecule has 0 aliphatic carbocycles. The summed E-state index contributed by atoms with van der Waals surface area (Å²) >= 11 is 1.56. The summed E-state index contributed by atoms with van der Waals surface area (Å²) in [6.07, 6.45) is 0. The molecule has 1 aromatic heterocycles. The summed E-state index contributed by atoms with van der Waals surface area (Å²) in [6, 6.07) is 6.80. The summed E-state index contributed by atoms with van der Waals surface area (Å²) in [6.45, 7) is 7.19. The molecule has 0 saturated carbocycles. The lowest BCUT2D eigenvalue weighted by molar-refractivity contribution is -0.114. The Hall–Kier alpha value is -2.41. The van der Waals surface area contributed by atoms with E-state index >= 15 is 0 Å². The lowest BCUT2D eigenvalue weighted by atomic mass is 10.1. The second-order valence-corrected chi connectivity index (χ2v) is 6.72. The van der Waals surface area contributed by atoms with Crippen LogP contribution in [0, 0.1) is 6.92 Å². The first-order valence-corrected chi connectivity index (χ1v) is 8.59. The molecular weight excluding hydrogens is 324 g/mol. The average Bonchev–Trinajstić information content (AvgIpc) is 2.93. The van der Waals surface area contributed by atoms with Crippen molar-refractivity contribution in [2.75, 3.05) is 5.32 Å². The fourth-order valence-electron chi connectivity index (χ4n) is 2.26. The number of nitrogens with zero attached hydrogens (tertiary/aromatic N) is 1. The molecule has 1 heterocycles. The molecule has 0 unspecified atom stereocenters. The van der Waals surface area contributed by atoms with Crippen molar-refractivity contribution < 1.29 is 9.59 Å². The Morgan fingerprint density at radius 2 is 1.88 bits per heavy atom. The molecule has 6 nitrogen and oxygen atoms in total. The second kappa shape index (κ2) is 7.92. The van der Waals surface area contributed by atoms with Gasteiger partial charge in [-0.05, 0) is 38.5 Å². The number of benzene rings is 1. The van der Waals surface area contributed by atoms with Gasteiger partial charge in [0, 0.05) is 18.0 Å². The predicted octanol–water partition coefficient (Wildman–Crippen LogP) is 3.53. The van der Waals surface area contributed by atoms with Gasteiger partial charge in [-0.1, -0.05) is 12.1 Å². The van der Waals surface area contributed by atoms with E-state index in [1.807, 2.05) is 50.4 Å². The number of aromatic nitrogens is 1. The van der Waals surface area contributed by atoms with Crippen LogP contribution < -0.4 is 16.0 Å². The van der Waals surface area contributed by atoms with Gasteiger partial charge in [0.2, 0.25) is 5.91 Å². The topological polar surface area (TPSA) is 83.1 Å². The number of hydrogen-bond donors (Lipinski definition) is 3. The number of thiazole rings is 1. The number of rotatable bonds is 5. The van der Waals surface area contributed by atoms with E-state index in [1.54, 1.807) is 11.3 Å². The van der Waals surface area contributed by atoms with E-state index in [-0.39, 0.29) is 24.0 Å². The van der Waals surface area contributed by atoms with Crippen molar-refractivity contribution in [1.29, 1.82) is 0 Å². The number of nitrogens with one attached hydrogen (secondary N) is 3. The molecule has 0 aliphatic heterocycles. The summed E-state index contributed by atoms with van der Waals surface area (Å²) in [5.74, 6) is -0.127. The summed E-state index contributed by atoms with van der Waals surface area (Å²) in [7, 11) is 0. The largest absolute Gasteiger partial charge is 0.332 e. The number of amides is 3. The van der Waals surface area contributed by atoms with E-state index in [1.165, 1.54) is 6.92 Å². The van der Waals surface area contributed by atoms with Crippen LogP contribution in [-0.2, 0) is 4.79 Å². The monoisotopic (exact) mass is 346 g/mol. The minimum absolute atomic E-state index is 0.127. The minimum Gasteiger partial charge on any atom is -0.332 e. The Bertz CT molecular complexity index is 729. The van der Waals surface area contributed by atoms with Crippen LogP contribution >= 0.6 is 11.3 Å². The highest BCUT2D eigenvalue weighted by Gasteiger charge is 2.15. The fraction of sp³-hybridized carbons (Fsp3) is 0.353. The minimum atomic E-state index is -0.259. The molecule has 0 spiro atoms. The lowest BCUT2D eigenvalue weighted by Gasteiger charge is -2.18. The van der Waals surface area contributed by atoms with Crippen LogP contribution in [0.4, 0.5) is 10.5 Å². The molecule has 7 heteroatoms. The number of aryl methyl sites for hydroxylation is 1. The quantitative estimate of drug-likeness (QED) is 0.774. The Morgan fingerprint density at radius 1 is 1.17 bits per heavy atom. The first-order valence-electron chi connectivity index (χ1n) is 7.71. The highest BCUT2D eigenvalue weighted by molar-refractivity contribution is 7.09. The molecule has 3 N–H and O–H groups in total. The maximum Gasteiger partial charge on any atom is 0.315 e. The van der Waals surface area contributed by atoms with Crippen molar-refractivity contribution in [2.24, 2.45) is 0 Å². The Labute approximate surface area is 145 Å². The molecular formula is C17H22N4O2S. The molecule has 2 aromatic rings. The van der Waals surface area contributed by atoms with E-state index in [2.05, 4.69) is 20.9 Å². The van der Waals surface area contributed by atoms with Crippen molar-refractivity contribution in [1.82, 2.24) is 15.6 Å². The summed E-state index contributed by atoms with van der Waals surface area (Å²) in [5.41, 5.74) is 2.47. The number of urea groups is 1. The van der Waals surface area contributed by atoms with Crippen LogP contribution in [0.1, 0.15) is 49.1 Å². The van der Waals surface area contributed by atoms with Crippen LogP contribution in [0.5, 0.6) is 0 Å². The first kappa shape index (κ1) is 17.9. The zero-order valence-electron chi connectivity index (χ0n) is 14.2. The Kier molecular flexibility index (Phi) is 5.92. The molecule has 3 amide bonds. The third kappa shape index (κ3) is 5.06. The fourth-order valence-corrected chi connectivity index (χ4v) is 2.97. The Balaban J connectivity index is 1.94. The molecule has 0 aliphatic rings. The van der Waals surface area contributed by atoms with Gasteiger partial charge in [0.1, 0.15) is 0 Å². The van der Waals surface area contributed by atoms with Crippen molar-refractivity contribution in [3.63, 3.8) is 0 Å². The number of carbonyl (C=O) groups is 2. The van der Waals surface area contributed by atoms with Crippen LogP contribution in [0.3, 0.4) is 0 Å². The molecule has 24 heavy (non-hydrogen) atoms. The maximum atomic E-state index is 12.2. The average molecular weight is 346 g/mol. The number of anilines is 1. The number of carbonyl (C=O) groups excluding carboxylic acids is 2. The molecule has 0 saturated heterocycles. The zero-order valence-corrected chi connectivity index (χ0v) is 15.0.